The summed E-state index contributed by atoms with van der Waals surface area (Å²) in [5, 5.41) is 13.7. The van der Waals surface area contributed by atoms with Crippen molar-refractivity contribution in [1.29, 1.82) is 0 Å². The van der Waals surface area contributed by atoms with E-state index in [1.165, 1.54) is 43.5 Å². The predicted molar refractivity (Wildman–Crippen MR) is 143 cm³/mol. The Morgan fingerprint density at radius 2 is 1.90 bits per heavy atom. The van der Waals surface area contributed by atoms with Crippen molar-refractivity contribution >= 4 is 33.3 Å². The first-order valence-electron chi connectivity index (χ1n) is 12.6. The lowest BCUT2D eigenvalue weighted by Crippen LogP contribution is -2.37. The second-order valence-corrected chi connectivity index (χ2v) is 13.4. The van der Waals surface area contributed by atoms with Crippen LogP contribution < -0.4 is 10.1 Å². The van der Waals surface area contributed by atoms with Gasteiger partial charge in [0.05, 0.1) is 22.5 Å². The van der Waals surface area contributed by atoms with Crippen molar-refractivity contribution in [2.75, 3.05) is 25.6 Å². The van der Waals surface area contributed by atoms with Crippen LogP contribution in [0.5, 0.6) is 5.75 Å². The van der Waals surface area contributed by atoms with Crippen LogP contribution in [0.2, 0.25) is 0 Å². The van der Waals surface area contributed by atoms with E-state index < -0.39 is 33.4 Å². The molecule has 1 N–H and O–H groups in total. The topological polar surface area (TPSA) is 145 Å². The van der Waals surface area contributed by atoms with Gasteiger partial charge in [-0.25, -0.2) is 13.2 Å². The fourth-order valence-corrected chi connectivity index (χ4v) is 7.94. The molecule has 39 heavy (non-hydrogen) atoms. The van der Waals surface area contributed by atoms with Gasteiger partial charge in [0, 0.05) is 30.4 Å². The molecule has 0 aromatic heterocycles. The Morgan fingerprint density at radius 3 is 2.56 bits per heavy atom. The molecule has 210 valence electrons. The maximum absolute atomic E-state index is 13.6. The molecule has 1 heterocycles. The van der Waals surface area contributed by atoms with E-state index in [0.29, 0.717) is 12.1 Å². The summed E-state index contributed by atoms with van der Waals surface area (Å²) >= 11 is 0. The molecule has 0 spiro atoms. The summed E-state index contributed by atoms with van der Waals surface area (Å²) in [6.45, 7) is 7.83. The van der Waals surface area contributed by atoms with Gasteiger partial charge in [-0.2, -0.15) is 4.31 Å². The van der Waals surface area contributed by atoms with E-state index in [0.717, 1.165) is 19.3 Å². The van der Waals surface area contributed by atoms with Gasteiger partial charge in [0.2, 0.25) is 10.0 Å². The third-order valence-corrected chi connectivity index (χ3v) is 9.27. The molecular formula is C27H33N3O8S. The van der Waals surface area contributed by atoms with Crippen molar-refractivity contribution in [1.82, 2.24) is 4.31 Å². The fourth-order valence-electron chi connectivity index (χ4n) is 6.12. The number of nitro groups is 1. The molecule has 1 aliphatic carbocycles. The number of ether oxygens (including phenoxy) is 2. The lowest BCUT2D eigenvalue weighted by Gasteiger charge is -2.39. The number of aryl methyl sites for hydroxylation is 1. The minimum atomic E-state index is -3.84. The average molecular weight is 560 g/mol. The summed E-state index contributed by atoms with van der Waals surface area (Å²) in [5.41, 5.74) is 0.403. The molecule has 2 atom stereocenters. The number of rotatable bonds is 8. The zero-order valence-corrected chi connectivity index (χ0v) is 23.5. The van der Waals surface area contributed by atoms with Gasteiger partial charge >= 0.3 is 11.7 Å². The molecule has 2 fully saturated rings. The Balaban J connectivity index is 1.43. The summed E-state index contributed by atoms with van der Waals surface area (Å²) < 4.78 is 38.9. The molecule has 1 saturated carbocycles. The molecule has 12 heteroatoms. The van der Waals surface area contributed by atoms with E-state index in [1.807, 2.05) is 0 Å². The minimum Gasteiger partial charge on any atom is -0.490 e. The maximum Gasteiger partial charge on any atom is 0.338 e. The standard InChI is InChI=1S/C27H33N3O8S/c1-17-9-22(30(33)34)23(37-5)11-21(17)28-24(31)14-38-25(32)18-7-6-8-20(10-18)39(35,36)29-16-27(4)13-19(29)12-26(2,3)15-27/h6-11,19H,12-16H2,1-5H3,(H,28,31)/t19-,27-/m0/s1. The number of sulfonamides is 1. The van der Waals surface area contributed by atoms with E-state index in [-0.39, 0.29) is 44.5 Å². The molecule has 1 amide bonds. The van der Waals surface area contributed by atoms with Gasteiger partial charge in [0.1, 0.15) is 0 Å². The van der Waals surface area contributed by atoms with Gasteiger partial charge in [0.25, 0.3) is 5.91 Å². The van der Waals surface area contributed by atoms with Gasteiger partial charge in [-0.3, -0.25) is 14.9 Å². The molecule has 4 rings (SSSR count). The van der Waals surface area contributed by atoms with Crippen LogP contribution in [0.3, 0.4) is 0 Å². The third-order valence-electron chi connectivity index (χ3n) is 7.37. The SMILES string of the molecule is COc1cc(NC(=O)COC(=O)c2cccc(S(=O)(=O)N3C[C@@]4(C)C[C@@H]3CC(C)(C)C4)c2)c(C)cc1[N+](=O)[O-]. The van der Waals surface area contributed by atoms with Crippen LogP contribution in [0.15, 0.2) is 41.3 Å². The second kappa shape index (κ2) is 10.2. The molecule has 1 aliphatic heterocycles. The largest absolute Gasteiger partial charge is 0.490 e. The van der Waals surface area contributed by atoms with Crippen LogP contribution in [0.1, 0.15) is 56.0 Å². The summed E-state index contributed by atoms with van der Waals surface area (Å²) in [6, 6.07) is 8.12. The van der Waals surface area contributed by atoms with Crippen molar-refractivity contribution in [2.45, 2.75) is 57.9 Å². The van der Waals surface area contributed by atoms with Crippen molar-refractivity contribution in [3.63, 3.8) is 0 Å². The molecule has 2 aliphatic rings. The van der Waals surface area contributed by atoms with Gasteiger partial charge in [-0.15, -0.1) is 0 Å². The van der Waals surface area contributed by atoms with Gasteiger partial charge < -0.3 is 14.8 Å². The lowest BCUT2D eigenvalue weighted by atomic mass is 9.65. The number of nitrogens with zero attached hydrogens (tertiary/aromatic N) is 2. The summed E-state index contributed by atoms with van der Waals surface area (Å²) in [4.78, 5) is 35.7. The Morgan fingerprint density at radius 1 is 1.18 bits per heavy atom. The highest BCUT2D eigenvalue weighted by Crippen LogP contribution is 2.53. The first-order valence-corrected chi connectivity index (χ1v) is 14.0. The number of benzene rings is 2. The molecular weight excluding hydrogens is 526 g/mol. The quantitative estimate of drug-likeness (QED) is 0.286. The Labute approximate surface area is 227 Å². The summed E-state index contributed by atoms with van der Waals surface area (Å²) in [5.74, 6) is -1.56. The van der Waals surface area contributed by atoms with Crippen LogP contribution >= 0.6 is 0 Å². The number of esters is 1. The Bertz CT molecular complexity index is 1440. The number of carbonyl (C=O) groups excluding carboxylic acids is 2. The van der Waals surface area contributed by atoms with Crippen molar-refractivity contribution in [2.24, 2.45) is 10.8 Å². The molecule has 2 bridgehead atoms. The van der Waals surface area contributed by atoms with E-state index in [4.69, 9.17) is 9.47 Å². The molecule has 11 nitrogen and oxygen atoms in total. The minimum absolute atomic E-state index is 0.00366. The van der Waals surface area contributed by atoms with Crippen LogP contribution in [0.25, 0.3) is 0 Å². The zero-order chi connectivity index (χ0) is 28.8. The molecule has 0 unspecified atom stereocenters. The lowest BCUT2D eigenvalue weighted by molar-refractivity contribution is -0.385. The van der Waals surface area contributed by atoms with Gasteiger partial charge in [0.15, 0.2) is 12.4 Å². The molecule has 2 aromatic carbocycles. The normalized spacial score (nSPS) is 22.2. The predicted octanol–water partition coefficient (Wildman–Crippen LogP) is 4.30. The summed E-state index contributed by atoms with van der Waals surface area (Å²) in [7, 11) is -2.57. The van der Waals surface area contributed by atoms with Crippen LogP contribution in [-0.4, -0.2) is 55.8 Å². The number of methoxy groups -OCH3 is 1. The average Bonchev–Trinajstić information content (AvgIpc) is 3.12. The first kappa shape index (κ1) is 28.5. The number of fused-ring (bicyclic) bond motifs is 2. The summed E-state index contributed by atoms with van der Waals surface area (Å²) in [6.07, 6.45) is 2.54. The number of nitro benzene ring substituents is 1. The fraction of sp³-hybridized carbons (Fsp3) is 0.481. The molecule has 2 aromatic rings. The number of amides is 1. The number of hydrogen-bond acceptors (Lipinski definition) is 8. The van der Waals surface area contributed by atoms with Crippen molar-refractivity contribution < 1.29 is 32.4 Å². The van der Waals surface area contributed by atoms with Crippen LogP contribution in [0, 0.1) is 27.9 Å². The Hall–Kier alpha value is -3.51. The highest BCUT2D eigenvalue weighted by molar-refractivity contribution is 7.89. The van der Waals surface area contributed by atoms with Crippen molar-refractivity contribution in [3.05, 3.63) is 57.6 Å². The smallest absolute Gasteiger partial charge is 0.338 e. The van der Waals surface area contributed by atoms with Gasteiger partial charge in [-0.05, 0) is 60.8 Å². The highest BCUT2D eigenvalue weighted by atomic mass is 32.2. The molecule has 1 saturated heterocycles. The third kappa shape index (κ3) is 5.91. The first-order chi connectivity index (χ1) is 18.1. The van der Waals surface area contributed by atoms with Crippen molar-refractivity contribution in [3.8, 4) is 5.75 Å². The highest BCUT2D eigenvalue weighted by Gasteiger charge is 2.53. The monoisotopic (exact) mass is 559 g/mol. The number of anilines is 1. The van der Waals surface area contributed by atoms with Crippen LogP contribution in [-0.2, 0) is 19.6 Å². The van der Waals surface area contributed by atoms with E-state index in [2.05, 4.69) is 26.1 Å². The second-order valence-electron chi connectivity index (χ2n) is 11.5. The Kier molecular flexibility index (Phi) is 7.48. The number of nitrogens with one attached hydrogen (secondary N) is 1. The zero-order valence-electron chi connectivity index (χ0n) is 22.6. The number of hydrogen-bond donors (Lipinski definition) is 1. The van der Waals surface area contributed by atoms with E-state index in [1.54, 1.807) is 11.2 Å². The van der Waals surface area contributed by atoms with Crippen LogP contribution in [0.4, 0.5) is 11.4 Å². The van der Waals surface area contributed by atoms with E-state index >= 15 is 0 Å². The van der Waals surface area contributed by atoms with Gasteiger partial charge in [-0.1, -0.05) is 26.8 Å². The maximum atomic E-state index is 13.6. The number of carbonyl (C=O) groups is 2. The molecule has 0 radical (unpaired) electrons. The van der Waals surface area contributed by atoms with E-state index in [9.17, 15) is 28.1 Å².